The fourth-order valence-corrected chi connectivity index (χ4v) is 6.08. The van der Waals surface area contributed by atoms with Crippen molar-refractivity contribution in [3.05, 3.63) is 78.5 Å². The van der Waals surface area contributed by atoms with Crippen LogP contribution in [0.2, 0.25) is 0 Å². The Labute approximate surface area is 252 Å². The molecule has 10 nitrogen and oxygen atoms in total. The summed E-state index contributed by atoms with van der Waals surface area (Å²) in [7, 11) is -3.20. The summed E-state index contributed by atoms with van der Waals surface area (Å²) < 4.78 is 38.0. The molecular weight excluding hydrogens is 581 g/mol. The Morgan fingerprint density at radius 2 is 1.91 bits per heavy atom. The van der Waals surface area contributed by atoms with Crippen molar-refractivity contribution in [1.82, 2.24) is 30.1 Å². The number of hydrogen-bond acceptors (Lipinski definition) is 7. The van der Waals surface area contributed by atoms with Gasteiger partial charge >= 0.3 is 0 Å². The first-order valence-electron chi connectivity index (χ1n) is 14.3. The van der Waals surface area contributed by atoms with E-state index < -0.39 is 15.7 Å². The van der Waals surface area contributed by atoms with Crippen molar-refractivity contribution in [2.24, 2.45) is 5.92 Å². The van der Waals surface area contributed by atoms with Gasteiger partial charge < -0.3 is 10.3 Å². The fourth-order valence-electron chi connectivity index (χ4n) is 5.47. The van der Waals surface area contributed by atoms with E-state index in [4.69, 9.17) is 4.98 Å². The van der Waals surface area contributed by atoms with Crippen LogP contribution < -0.4 is 5.32 Å². The van der Waals surface area contributed by atoms with Gasteiger partial charge in [-0.3, -0.25) is 14.9 Å². The summed E-state index contributed by atoms with van der Waals surface area (Å²) in [6.07, 6.45) is 9.31. The van der Waals surface area contributed by atoms with Gasteiger partial charge in [-0.15, -0.1) is 0 Å². The Morgan fingerprint density at radius 1 is 1.05 bits per heavy atom. The number of fused-ring (bicyclic) bond motifs is 2. The van der Waals surface area contributed by atoms with Crippen LogP contribution in [0.3, 0.4) is 0 Å². The third kappa shape index (κ3) is 5.55. The standard InChI is InChI=1S/C32H28FN7O3S/c1-44(42,43)10-8-18-11-21(13-23(33)12-18)25-7-9-35-30-28(25)37-31(38-30)29-26-15-20(5-6-27(26)39-40-29)22-14-24(17-34-16-22)36-32(41)19-3-2-4-19/h5-7,9,11-17,19H,2-4,8,10H2,1H3,(H,36,41)(H,39,40)(H,35,37,38). The highest BCUT2D eigenvalue weighted by Crippen LogP contribution is 2.34. The first-order valence-corrected chi connectivity index (χ1v) is 16.3. The zero-order valence-electron chi connectivity index (χ0n) is 23.8. The van der Waals surface area contributed by atoms with Gasteiger partial charge in [0.05, 0.1) is 28.7 Å². The van der Waals surface area contributed by atoms with Crippen LogP contribution in [0.4, 0.5) is 10.1 Å². The number of aromatic amines is 2. The number of sulfone groups is 1. The first kappa shape index (κ1) is 27.8. The lowest BCUT2D eigenvalue weighted by Crippen LogP contribution is -2.28. The molecule has 0 saturated heterocycles. The van der Waals surface area contributed by atoms with Gasteiger partial charge in [0.25, 0.3) is 0 Å². The zero-order valence-corrected chi connectivity index (χ0v) is 24.6. The molecule has 0 spiro atoms. The smallest absolute Gasteiger partial charge is 0.227 e. The molecule has 7 rings (SSSR count). The van der Waals surface area contributed by atoms with Gasteiger partial charge in [-0.05, 0) is 72.4 Å². The van der Waals surface area contributed by atoms with Crippen LogP contribution in [-0.2, 0) is 21.1 Å². The number of carbonyl (C=O) groups is 1. The number of pyridine rings is 2. The van der Waals surface area contributed by atoms with Crippen LogP contribution in [0, 0.1) is 11.7 Å². The molecule has 12 heteroatoms. The fraction of sp³-hybridized carbons (Fsp3) is 0.219. The number of H-pyrrole nitrogens is 2. The van der Waals surface area contributed by atoms with Crippen molar-refractivity contribution in [3.63, 3.8) is 0 Å². The first-order chi connectivity index (χ1) is 21.2. The van der Waals surface area contributed by atoms with Crippen LogP contribution in [0.1, 0.15) is 24.8 Å². The van der Waals surface area contributed by atoms with Gasteiger partial charge in [-0.1, -0.05) is 18.6 Å². The summed E-state index contributed by atoms with van der Waals surface area (Å²) in [5, 5.41) is 11.4. The largest absolute Gasteiger partial charge is 0.335 e. The average molecular weight is 610 g/mol. The predicted molar refractivity (Wildman–Crippen MR) is 167 cm³/mol. The van der Waals surface area contributed by atoms with E-state index in [1.165, 1.54) is 12.1 Å². The average Bonchev–Trinajstić information content (AvgIpc) is 3.58. The highest BCUT2D eigenvalue weighted by Gasteiger charge is 2.25. The normalized spacial score (nSPS) is 13.8. The number of benzene rings is 2. The molecule has 1 aliphatic rings. The van der Waals surface area contributed by atoms with Crippen LogP contribution in [0.5, 0.6) is 0 Å². The highest BCUT2D eigenvalue weighted by atomic mass is 32.2. The Kier molecular flexibility index (Phi) is 6.92. The lowest BCUT2D eigenvalue weighted by molar-refractivity contribution is -0.122. The molecular formula is C32H28FN7O3S. The summed E-state index contributed by atoms with van der Waals surface area (Å²) in [5.74, 6) is 0.0630. The van der Waals surface area contributed by atoms with Gasteiger partial charge in [-0.25, -0.2) is 22.8 Å². The number of aromatic nitrogens is 6. The minimum Gasteiger partial charge on any atom is -0.335 e. The van der Waals surface area contributed by atoms with Crippen molar-refractivity contribution in [3.8, 4) is 33.8 Å². The van der Waals surface area contributed by atoms with E-state index >= 15 is 0 Å². The topological polar surface area (TPSA) is 146 Å². The molecule has 1 aliphatic carbocycles. The number of halogens is 1. The Hall–Kier alpha value is -4.97. The number of nitrogens with one attached hydrogen (secondary N) is 3. The maximum Gasteiger partial charge on any atom is 0.227 e. The van der Waals surface area contributed by atoms with Gasteiger partial charge in [0.15, 0.2) is 11.5 Å². The molecule has 0 radical (unpaired) electrons. The molecule has 0 atom stereocenters. The van der Waals surface area contributed by atoms with Crippen LogP contribution >= 0.6 is 0 Å². The Balaban J connectivity index is 1.23. The van der Waals surface area contributed by atoms with Crippen molar-refractivity contribution in [2.45, 2.75) is 25.7 Å². The van der Waals surface area contributed by atoms with E-state index in [2.05, 4.69) is 30.5 Å². The molecule has 44 heavy (non-hydrogen) atoms. The van der Waals surface area contributed by atoms with E-state index in [1.807, 2.05) is 24.3 Å². The van der Waals surface area contributed by atoms with Crippen LogP contribution in [0.25, 0.3) is 55.8 Å². The molecule has 0 unspecified atom stereocenters. The van der Waals surface area contributed by atoms with Crippen molar-refractivity contribution in [2.75, 3.05) is 17.3 Å². The van der Waals surface area contributed by atoms with Crippen molar-refractivity contribution < 1.29 is 17.6 Å². The number of amides is 1. The Morgan fingerprint density at radius 3 is 2.70 bits per heavy atom. The Bertz CT molecular complexity index is 2170. The maximum absolute atomic E-state index is 14.6. The number of nitrogens with zero attached hydrogens (tertiary/aromatic N) is 4. The number of aryl methyl sites for hydroxylation is 1. The maximum atomic E-state index is 14.6. The minimum absolute atomic E-state index is 0.0315. The SMILES string of the molecule is CS(=O)(=O)CCc1cc(F)cc(-c2ccnc3nc(-c4n[nH]c5ccc(-c6cncc(NC(=O)C7CCC7)c6)cc45)[nH]c23)c1. The third-order valence-corrected chi connectivity index (χ3v) is 8.97. The molecule has 4 heterocycles. The number of carbonyl (C=O) groups excluding carboxylic acids is 1. The number of hydrogen-bond donors (Lipinski definition) is 3. The molecule has 6 aromatic rings. The zero-order chi connectivity index (χ0) is 30.4. The third-order valence-electron chi connectivity index (χ3n) is 8.02. The molecule has 4 aromatic heterocycles. The van der Waals surface area contributed by atoms with E-state index in [0.29, 0.717) is 45.1 Å². The van der Waals surface area contributed by atoms with Crippen molar-refractivity contribution >= 4 is 43.5 Å². The number of rotatable bonds is 8. The molecule has 1 saturated carbocycles. The number of anilines is 1. The molecule has 0 bridgehead atoms. The minimum atomic E-state index is -3.20. The molecule has 3 N–H and O–H groups in total. The number of imidazole rings is 1. The summed E-state index contributed by atoms with van der Waals surface area (Å²) >= 11 is 0. The van der Waals surface area contributed by atoms with Gasteiger partial charge in [0, 0.05) is 41.1 Å². The predicted octanol–water partition coefficient (Wildman–Crippen LogP) is 5.70. The molecule has 1 fully saturated rings. The van der Waals surface area contributed by atoms with E-state index in [1.54, 1.807) is 30.7 Å². The van der Waals surface area contributed by atoms with E-state index in [0.717, 1.165) is 47.5 Å². The van der Waals surface area contributed by atoms with Crippen LogP contribution in [-0.4, -0.2) is 56.5 Å². The summed E-state index contributed by atoms with van der Waals surface area (Å²) in [6, 6.07) is 14.1. The monoisotopic (exact) mass is 609 g/mol. The lowest BCUT2D eigenvalue weighted by Gasteiger charge is -2.24. The van der Waals surface area contributed by atoms with Gasteiger partial charge in [0.1, 0.15) is 21.3 Å². The second-order valence-corrected chi connectivity index (χ2v) is 13.5. The quantitative estimate of drug-likeness (QED) is 0.201. The molecule has 2 aromatic carbocycles. The van der Waals surface area contributed by atoms with Crippen molar-refractivity contribution in [1.29, 1.82) is 0 Å². The van der Waals surface area contributed by atoms with Gasteiger partial charge in [-0.2, -0.15) is 5.10 Å². The summed E-state index contributed by atoms with van der Waals surface area (Å²) in [4.78, 5) is 29.3. The van der Waals surface area contributed by atoms with E-state index in [9.17, 15) is 17.6 Å². The summed E-state index contributed by atoms with van der Waals surface area (Å²) in [6.45, 7) is 0. The van der Waals surface area contributed by atoms with Crippen LogP contribution in [0.15, 0.2) is 67.1 Å². The summed E-state index contributed by atoms with van der Waals surface area (Å²) in [5.41, 5.74) is 6.67. The lowest BCUT2D eigenvalue weighted by atomic mass is 9.85. The highest BCUT2D eigenvalue weighted by molar-refractivity contribution is 7.90. The molecule has 0 aliphatic heterocycles. The second-order valence-electron chi connectivity index (χ2n) is 11.3. The second kappa shape index (κ2) is 10.9. The van der Waals surface area contributed by atoms with E-state index in [-0.39, 0.29) is 24.0 Å². The van der Waals surface area contributed by atoms with Gasteiger partial charge in [0.2, 0.25) is 5.91 Å². The molecule has 222 valence electrons. The molecule has 1 amide bonds.